The van der Waals surface area contributed by atoms with Crippen molar-refractivity contribution in [2.45, 2.75) is 20.3 Å². The first kappa shape index (κ1) is 13.4. The Morgan fingerprint density at radius 3 is 2.89 bits per heavy atom. The van der Waals surface area contributed by atoms with Crippen LogP contribution in [-0.4, -0.2) is 21.0 Å². The number of rotatable bonds is 4. The van der Waals surface area contributed by atoms with Crippen LogP contribution in [0.2, 0.25) is 0 Å². The average Bonchev–Trinajstić information content (AvgIpc) is 2.71. The van der Waals surface area contributed by atoms with Crippen LogP contribution in [0.25, 0.3) is 0 Å². The molecule has 0 saturated carbocycles. The minimum Gasteiger partial charge on any atom is -0.478 e. The molecular weight excluding hydrogens is 269 g/mol. The Morgan fingerprint density at radius 1 is 1.58 bits per heavy atom. The van der Waals surface area contributed by atoms with Crippen LogP contribution in [-0.2, 0) is 6.42 Å². The number of hydrogen-bond acceptors (Lipinski definition) is 5. The number of aromatic nitrogens is 2. The molecule has 2 rings (SSSR count). The van der Waals surface area contributed by atoms with E-state index in [1.54, 1.807) is 0 Å². The molecule has 2 aromatic heterocycles. The van der Waals surface area contributed by atoms with Crippen molar-refractivity contribution in [2.75, 3.05) is 5.32 Å². The van der Waals surface area contributed by atoms with Crippen molar-refractivity contribution in [3.05, 3.63) is 34.2 Å². The summed E-state index contributed by atoms with van der Waals surface area (Å²) in [6, 6.07) is 1.12. The van der Waals surface area contributed by atoms with E-state index in [0.717, 1.165) is 23.1 Å². The minimum atomic E-state index is -1.33. The molecule has 100 valence electrons. The molecule has 0 atom stereocenters. The van der Waals surface area contributed by atoms with Crippen LogP contribution in [0.4, 0.5) is 15.3 Å². The number of nitrogens with zero attached hydrogens (tertiary/aromatic N) is 2. The Balaban J connectivity index is 2.33. The summed E-state index contributed by atoms with van der Waals surface area (Å²) >= 11 is 1.38. The van der Waals surface area contributed by atoms with E-state index in [0.29, 0.717) is 5.13 Å². The highest BCUT2D eigenvalue weighted by atomic mass is 32.1. The van der Waals surface area contributed by atoms with Crippen LogP contribution in [0.15, 0.2) is 12.3 Å². The number of thiazole rings is 1. The van der Waals surface area contributed by atoms with Crippen LogP contribution < -0.4 is 5.32 Å². The van der Waals surface area contributed by atoms with E-state index in [-0.39, 0.29) is 5.82 Å². The molecule has 2 N–H and O–H groups in total. The summed E-state index contributed by atoms with van der Waals surface area (Å²) in [4.78, 5) is 20.0. The number of nitrogens with one attached hydrogen (secondary N) is 1. The molecule has 0 spiro atoms. The maximum absolute atomic E-state index is 13.9. The van der Waals surface area contributed by atoms with Crippen molar-refractivity contribution in [1.29, 1.82) is 0 Å². The van der Waals surface area contributed by atoms with Gasteiger partial charge in [0.15, 0.2) is 16.8 Å². The first-order valence-corrected chi connectivity index (χ1v) is 6.45. The van der Waals surface area contributed by atoms with Gasteiger partial charge in [0.25, 0.3) is 0 Å². The number of carbonyl (C=O) groups is 1. The number of carboxylic acid groups (broad SMARTS) is 1. The van der Waals surface area contributed by atoms with Crippen LogP contribution in [0.3, 0.4) is 0 Å². The van der Waals surface area contributed by atoms with E-state index in [2.05, 4.69) is 15.3 Å². The van der Waals surface area contributed by atoms with Crippen LogP contribution in [0, 0.1) is 12.7 Å². The second-order valence-electron chi connectivity index (χ2n) is 3.83. The van der Waals surface area contributed by atoms with Gasteiger partial charge < -0.3 is 10.4 Å². The maximum atomic E-state index is 13.9. The number of pyridine rings is 1. The smallest absolute Gasteiger partial charge is 0.338 e. The van der Waals surface area contributed by atoms with Crippen LogP contribution >= 0.6 is 11.3 Å². The Bertz CT molecular complexity index is 627. The third-order valence-electron chi connectivity index (χ3n) is 2.57. The summed E-state index contributed by atoms with van der Waals surface area (Å²) < 4.78 is 13.9. The summed E-state index contributed by atoms with van der Waals surface area (Å²) in [6.07, 6.45) is 2.03. The lowest BCUT2D eigenvalue weighted by atomic mass is 10.2. The molecular formula is C12H12FN3O2S. The van der Waals surface area contributed by atoms with Crippen molar-refractivity contribution in [3.63, 3.8) is 0 Å². The zero-order valence-electron chi connectivity index (χ0n) is 10.4. The number of halogens is 1. The van der Waals surface area contributed by atoms with Gasteiger partial charge in [-0.25, -0.2) is 19.2 Å². The Morgan fingerprint density at radius 2 is 2.32 bits per heavy atom. The Kier molecular flexibility index (Phi) is 3.75. The molecule has 0 unspecified atom stereocenters. The molecule has 0 amide bonds. The summed E-state index contributed by atoms with van der Waals surface area (Å²) in [7, 11) is 0. The van der Waals surface area contributed by atoms with Gasteiger partial charge in [-0.2, -0.15) is 0 Å². The third-order valence-corrected chi connectivity index (χ3v) is 3.50. The second-order valence-corrected chi connectivity index (χ2v) is 5.03. The van der Waals surface area contributed by atoms with E-state index in [9.17, 15) is 9.18 Å². The molecule has 0 aliphatic heterocycles. The van der Waals surface area contributed by atoms with Gasteiger partial charge >= 0.3 is 5.97 Å². The van der Waals surface area contributed by atoms with Crippen molar-refractivity contribution >= 4 is 28.3 Å². The topological polar surface area (TPSA) is 75.1 Å². The predicted octanol–water partition coefficient (Wildman–Crippen LogP) is 2.99. The molecule has 2 heterocycles. The lowest BCUT2D eigenvalue weighted by Crippen LogP contribution is -2.05. The van der Waals surface area contributed by atoms with Crippen molar-refractivity contribution in [1.82, 2.24) is 9.97 Å². The molecule has 0 fully saturated rings. The van der Waals surface area contributed by atoms with Gasteiger partial charge in [-0.05, 0) is 19.4 Å². The zero-order chi connectivity index (χ0) is 14.0. The molecule has 7 heteroatoms. The largest absolute Gasteiger partial charge is 0.478 e. The van der Waals surface area contributed by atoms with E-state index >= 15 is 0 Å². The highest BCUT2D eigenvalue weighted by molar-refractivity contribution is 7.15. The molecule has 0 aliphatic carbocycles. The number of hydrogen-bond donors (Lipinski definition) is 2. The standard InChI is InChI=1S/C12H12FN3O2S/c1-3-8-6(2)19-12(15-8)16-10-9(13)7(11(17)18)4-5-14-10/h4-5H,3H2,1-2H3,(H,17,18)(H,14,15,16). The highest BCUT2D eigenvalue weighted by Crippen LogP contribution is 2.26. The van der Waals surface area contributed by atoms with Crippen molar-refractivity contribution in [3.8, 4) is 0 Å². The summed E-state index contributed by atoms with van der Waals surface area (Å²) in [5, 5.41) is 12.1. The fourth-order valence-electron chi connectivity index (χ4n) is 1.61. The van der Waals surface area contributed by atoms with E-state index in [4.69, 9.17) is 5.11 Å². The van der Waals surface area contributed by atoms with Gasteiger partial charge in [0.1, 0.15) is 5.56 Å². The van der Waals surface area contributed by atoms with Crippen LogP contribution in [0.5, 0.6) is 0 Å². The van der Waals surface area contributed by atoms with Crippen molar-refractivity contribution < 1.29 is 14.3 Å². The quantitative estimate of drug-likeness (QED) is 0.901. The maximum Gasteiger partial charge on any atom is 0.338 e. The first-order valence-electron chi connectivity index (χ1n) is 5.64. The summed E-state index contributed by atoms with van der Waals surface area (Å²) in [5.74, 6) is -2.34. The molecule has 0 radical (unpaired) electrons. The lowest BCUT2D eigenvalue weighted by Gasteiger charge is -2.04. The van der Waals surface area contributed by atoms with E-state index < -0.39 is 17.3 Å². The van der Waals surface area contributed by atoms with Gasteiger partial charge in [0.2, 0.25) is 0 Å². The third kappa shape index (κ3) is 2.70. The highest BCUT2D eigenvalue weighted by Gasteiger charge is 2.16. The predicted molar refractivity (Wildman–Crippen MR) is 70.7 cm³/mol. The molecule has 5 nitrogen and oxygen atoms in total. The fourth-order valence-corrected chi connectivity index (χ4v) is 2.51. The van der Waals surface area contributed by atoms with Crippen LogP contribution in [0.1, 0.15) is 27.9 Å². The average molecular weight is 281 g/mol. The van der Waals surface area contributed by atoms with Gasteiger partial charge in [-0.15, -0.1) is 11.3 Å². The monoisotopic (exact) mass is 281 g/mol. The SMILES string of the molecule is CCc1nc(Nc2nccc(C(=O)O)c2F)sc1C. The summed E-state index contributed by atoms with van der Waals surface area (Å²) in [5.41, 5.74) is 0.517. The van der Waals surface area contributed by atoms with Gasteiger partial charge in [-0.1, -0.05) is 6.92 Å². The molecule has 2 aromatic rings. The Labute approximate surface area is 113 Å². The molecule has 19 heavy (non-hydrogen) atoms. The first-order chi connectivity index (χ1) is 9.02. The van der Waals surface area contributed by atoms with E-state index in [1.807, 2.05) is 13.8 Å². The van der Waals surface area contributed by atoms with Gasteiger partial charge in [0.05, 0.1) is 5.69 Å². The Hall–Kier alpha value is -2.02. The van der Waals surface area contributed by atoms with Gasteiger partial charge in [-0.3, -0.25) is 0 Å². The lowest BCUT2D eigenvalue weighted by molar-refractivity contribution is 0.0692. The molecule has 0 aliphatic rings. The zero-order valence-corrected chi connectivity index (χ0v) is 11.2. The number of carboxylic acids is 1. The molecule has 0 bridgehead atoms. The summed E-state index contributed by atoms with van der Waals surface area (Å²) in [6.45, 7) is 3.91. The molecule has 0 aromatic carbocycles. The number of aryl methyl sites for hydroxylation is 2. The molecule has 0 saturated heterocycles. The van der Waals surface area contributed by atoms with Crippen molar-refractivity contribution in [2.24, 2.45) is 0 Å². The van der Waals surface area contributed by atoms with E-state index in [1.165, 1.54) is 17.5 Å². The fraction of sp³-hybridized carbons (Fsp3) is 0.250. The second kappa shape index (κ2) is 5.31. The minimum absolute atomic E-state index is 0.128. The van der Waals surface area contributed by atoms with Gasteiger partial charge in [0, 0.05) is 11.1 Å². The normalized spacial score (nSPS) is 10.5. The number of aromatic carboxylic acids is 1. The number of anilines is 2.